The number of sulfonamides is 1. The molecule has 1 aromatic carbocycles. The van der Waals surface area contributed by atoms with Crippen LogP contribution in [0.15, 0.2) is 47.1 Å². The minimum Gasteiger partial charge on any atom is -0.504 e. The van der Waals surface area contributed by atoms with Crippen LogP contribution >= 0.6 is 27.3 Å². The molecular formula is C17H18BrN5O5S3. The minimum absolute atomic E-state index is 0.0977. The molecule has 14 heteroatoms. The Morgan fingerprint density at radius 3 is 2.58 bits per heavy atom. The van der Waals surface area contributed by atoms with Crippen LogP contribution in [0.1, 0.15) is 12.8 Å². The van der Waals surface area contributed by atoms with Gasteiger partial charge in [0.05, 0.1) is 18.0 Å². The van der Waals surface area contributed by atoms with Crippen LogP contribution < -0.4 is 10.6 Å². The zero-order valence-electron chi connectivity index (χ0n) is 15.9. The summed E-state index contributed by atoms with van der Waals surface area (Å²) in [5, 5.41) is 27.3. The molecule has 166 valence electrons. The summed E-state index contributed by atoms with van der Waals surface area (Å²) in [6.07, 6.45) is 1.21. The molecular weight excluding hydrogens is 530 g/mol. The largest absolute Gasteiger partial charge is 0.504 e. The Bertz CT molecular complexity index is 1200. The zero-order chi connectivity index (χ0) is 22.2. The lowest BCUT2D eigenvalue weighted by Gasteiger charge is -2.21. The van der Waals surface area contributed by atoms with E-state index in [0.717, 1.165) is 15.8 Å². The molecule has 4 rings (SSSR count). The van der Waals surface area contributed by atoms with Gasteiger partial charge in [-0.1, -0.05) is 12.1 Å². The van der Waals surface area contributed by atoms with Crippen LogP contribution in [0.4, 0.5) is 11.4 Å². The van der Waals surface area contributed by atoms with Crippen LogP contribution in [0.3, 0.4) is 0 Å². The Balaban J connectivity index is 1.57. The summed E-state index contributed by atoms with van der Waals surface area (Å²) in [5.74, 6) is -0.185. The van der Waals surface area contributed by atoms with Crippen LogP contribution in [0.2, 0.25) is 0 Å². The number of nitrogens with zero attached hydrogens (tertiary/aromatic N) is 3. The Morgan fingerprint density at radius 2 is 1.90 bits per heavy atom. The van der Waals surface area contributed by atoms with E-state index in [1.807, 2.05) is 18.2 Å². The number of para-hydroxylation sites is 1. The van der Waals surface area contributed by atoms with Gasteiger partial charge in [-0.15, -0.1) is 20.1 Å². The first kappa shape index (κ1) is 22.4. The monoisotopic (exact) mass is 547 g/mol. The van der Waals surface area contributed by atoms with Crippen molar-refractivity contribution in [3.05, 3.63) is 34.1 Å². The van der Waals surface area contributed by atoms with Crippen molar-refractivity contribution in [2.24, 2.45) is 8.80 Å². The first-order valence-corrected chi connectivity index (χ1v) is 13.3. The Morgan fingerprint density at radius 1 is 1.23 bits per heavy atom. The third-order valence-corrected chi connectivity index (χ3v) is 9.56. The summed E-state index contributed by atoms with van der Waals surface area (Å²) in [5.41, 5.74) is 0.763. The minimum atomic E-state index is -3.97. The van der Waals surface area contributed by atoms with Crippen LogP contribution in [-0.2, 0) is 21.2 Å². The lowest BCUT2D eigenvalue weighted by molar-refractivity contribution is 0.213. The van der Waals surface area contributed by atoms with Crippen molar-refractivity contribution in [1.29, 1.82) is 0 Å². The van der Waals surface area contributed by atoms with Crippen molar-refractivity contribution in [1.82, 2.24) is 4.31 Å². The molecule has 4 N–H and O–H groups in total. The Hall–Kier alpha value is -1.84. The molecule has 2 unspecified atom stereocenters. The van der Waals surface area contributed by atoms with Gasteiger partial charge in [-0.25, -0.2) is 12.6 Å². The van der Waals surface area contributed by atoms with Crippen LogP contribution in [0, 0.1) is 0 Å². The molecule has 2 aromatic rings. The number of hydrogen-bond acceptors (Lipinski definition) is 8. The molecule has 0 radical (unpaired) electrons. The maximum Gasteiger partial charge on any atom is 0.269 e. The van der Waals surface area contributed by atoms with Gasteiger partial charge in [-0.3, -0.25) is 0 Å². The lowest BCUT2D eigenvalue weighted by atomic mass is 10.2. The van der Waals surface area contributed by atoms with Gasteiger partial charge in [0.25, 0.3) is 21.2 Å². The Labute approximate surface area is 193 Å². The predicted molar refractivity (Wildman–Crippen MR) is 124 cm³/mol. The molecule has 0 saturated carbocycles. The number of halogens is 1. The average Bonchev–Trinajstić information content (AvgIpc) is 3.44. The fourth-order valence-corrected chi connectivity index (χ4v) is 7.30. The van der Waals surface area contributed by atoms with Crippen molar-refractivity contribution in [2.45, 2.75) is 23.1 Å². The molecule has 2 aliphatic heterocycles. The first-order valence-electron chi connectivity index (χ1n) is 9.12. The molecule has 0 spiro atoms. The van der Waals surface area contributed by atoms with Crippen LogP contribution in [0.25, 0.3) is 0 Å². The van der Waals surface area contributed by atoms with E-state index in [-0.39, 0.29) is 34.7 Å². The standard InChI is InChI=1S/C17H18BrN5O5S3/c18-11-5-1-2-6-12(11)19-15-16(22-30(26)21-15)20-13-9-29-17(14(13)25)31(27,28)23-7-3-4-10(23)8-24/h1-2,5-6,9-10,24-25H,3-4,7-8H2,(H,19,21)(H,20,22). The summed E-state index contributed by atoms with van der Waals surface area (Å²) in [6, 6.07) is 6.75. The van der Waals surface area contributed by atoms with E-state index in [1.54, 1.807) is 6.07 Å². The zero-order valence-corrected chi connectivity index (χ0v) is 19.9. The molecule has 1 aromatic heterocycles. The van der Waals surface area contributed by atoms with Crippen LogP contribution in [-0.4, -0.2) is 58.0 Å². The summed E-state index contributed by atoms with van der Waals surface area (Å²) in [7, 11) is -3.97. The molecule has 3 heterocycles. The number of anilines is 2. The van der Waals surface area contributed by atoms with E-state index in [2.05, 4.69) is 35.4 Å². The molecule has 2 aliphatic rings. The number of nitrogens with one attached hydrogen (secondary N) is 2. The topological polar surface area (TPSA) is 144 Å². The smallest absolute Gasteiger partial charge is 0.269 e. The van der Waals surface area contributed by atoms with E-state index in [4.69, 9.17) is 0 Å². The van der Waals surface area contributed by atoms with E-state index in [0.29, 0.717) is 18.5 Å². The highest BCUT2D eigenvalue weighted by atomic mass is 79.9. The van der Waals surface area contributed by atoms with Crippen molar-refractivity contribution in [3.63, 3.8) is 0 Å². The van der Waals surface area contributed by atoms with E-state index in [1.165, 1.54) is 9.69 Å². The van der Waals surface area contributed by atoms with Gasteiger partial charge in [-0.05, 0) is 40.9 Å². The number of hydrogen-bond donors (Lipinski definition) is 4. The highest BCUT2D eigenvalue weighted by Crippen LogP contribution is 2.41. The fraction of sp³-hybridized carbons (Fsp3) is 0.294. The van der Waals surface area contributed by atoms with Gasteiger partial charge < -0.3 is 20.8 Å². The highest BCUT2D eigenvalue weighted by Gasteiger charge is 2.38. The third kappa shape index (κ3) is 4.40. The maximum atomic E-state index is 13.0. The molecule has 1 fully saturated rings. The second kappa shape index (κ2) is 8.96. The normalized spacial score (nSPS) is 21.7. The van der Waals surface area contributed by atoms with Gasteiger partial charge >= 0.3 is 0 Å². The fourth-order valence-electron chi connectivity index (χ4n) is 3.27. The van der Waals surface area contributed by atoms with Crippen LogP contribution in [0.5, 0.6) is 5.75 Å². The summed E-state index contributed by atoms with van der Waals surface area (Å²) in [4.78, 5) is 0. The molecule has 2 atom stereocenters. The molecule has 10 nitrogen and oxygen atoms in total. The maximum absolute atomic E-state index is 13.0. The average molecular weight is 548 g/mol. The van der Waals surface area contributed by atoms with Gasteiger partial charge in [0.1, 0.15) is 0 Å². The van der Waals surface area contributed by atoms with Gasteiger partial charge in [0, 0.05) is 22.4 Å². The first-order chi connectivity index (χ1) is 14.8. The summed E-state index contributed by atoms with van der Waals surface area (Å²) >= 11 is 2.40. The number of thiophene rings is 1. The molecule has 0 aliphatic carbocycles. The van der Waals surface area contributed by atoms with E-state index < -0.39 is 33.0 Å². The van der Waals surface area contributed by atoms with Crippen molar-refractivity contribution in [2.75, 3.05) is 23.8 Å². The number of rotatable bonds is 5. The van der Waals surface area contributed by atoms with Gasteiger partial charge in [0.2, 0.25) is 0 Å². The van der Waals surface area contributed by atoms with Gasteiger partial charge in [0.15, 0.2) is 21.6 Å². The van der Waals surface area contributed by atoms with Crippen molar-refractivity contribution < 1.29 is 22.8 Å². The number of aromatic hydroxyl groups is 1. The molecule has 0 bridgehead atoms. The van der Waals surface area contributed by atoms with E-state index in [9.17, 15) is 22.8 Å². The summed E-state index contributed by atoms with van der Waals surface area (Å²) < 4.78 is 47.4. The number of benzene rings is 1. The predicted octanol–water partition coefficient (Wildman–Crippen LogP) is 2.27. The van der Waals surface area contributed by atoms with Crippen molar-refractivity contribution in [3.8, 4) is 5.75 Å². The van der Waals surface area contributed by atoms with E-state index >= 15 is 0 Å². The quantitative estimate of drug-likeness (QED) is 0.449. The molecule has 0 amide bonds. The second-order valence-corrected chi connectivity index (χ2v) is 11.4. The number of amidine groups is 2. The third-order valence-electron chi connectivity index (χ3n) is 4.75. The molecule has 31 heavy (non-hydrogen) atoms. The number of aliphatic hydroxyl groups is 1. The molecule has 1 saturated heterocycles. The Kier molecular flexibility index (Phi) is 6.46. The second-order valence-electron chi connectivity index (χ2n) is 6.72. The van der Waals surface area contributed by atoms with Gasteiger partial charge in [-0.2, -0.15) is 4.31 Å². The lowest BCUT2D eigenvalue weighted by Crippen LogP contribution is -2.37. The summed E-state index contributed by atoms with van der Waals surface area (Å²) in [6.45, 7) is 0.00562. The number of aliphatic hydroxyl groups excluding tert-OH is 1. The highest BCUT2D eigenvalue weighted by molar-refractivity contribution is 9.10. The van der Waals surface area contributed by atoms with Crippen molar-refractivity contribution >= 4 is 71.5 Å². The SMILES string of the molecule is O=S1N=C(Nc2ccccc2Br)C(Nc2csc(S(=O)(=O)N3CCCC3CO)c2O)=N1.